The zero-order chi connectivity index (χ0) is 29.5. The van der Waals surface area contributed by atoms with Crippen LogP contribution >= 0.6 is 11.8 Å². The van der Waals surface area contributed by atoms with Gasteiger partial charge in [0, 0.05) is 42.4 Å². The number of carbonyl (C=O) groups is 1. The molecule has 2 aromatic heterocycles. The average molecular weight is 585 g/mol. The molecule has 0 fully saturated rings. The number of rotatable bonds is 18. The Morgan fingerprint density at radius 3 is 2.34 bits per heavy atom. The van der Waals surface area contributed by atoms with Crippen LogP contribution < -0.4 is 11.2 Å². The lowest BCUT2D eigenvalue weighted by atomic mass is 9.92. The van der Waals surface area contributed by atoms with Crippen molar-refractivity contribution in [3.63, 3.8) is 0 Å². The highest BCUT2D eigenvalue weighted by Crippen LogP contribution is 2.28. The molecule has 0 radical (unpaired) electrons. The summed E-state index contributed by atoms with van der Waals surface area (Å²) < 4.78 is 20.5. The molecule has 0 bridgehead atoms. The molecule has 10 heteroatoms. The molecule has 0 aliphatic rings. The van der Waals surface area contributed by atoms with Crippen LogP contribution in [-0.2, 0) is 21.8 Å². The number of nitrogens with zero attached hydrogens (tertiary/aromatic N) is 3. The van der Waals surface area contributed by atoms with Crippen molar-refractivity contribution in [3.05, 3.63) is 86.2 Å². The van der Waals surface area contributed by atoms with Gasteiger partial charge in [0.15, 0.2) is 5.16 Å². The molecule has 0 aliphatic carbocycles. The van der Waals surface area contributed by atoms with Crippen LogP contribution in [0.2, 0.25) is 0 Å². The number of aromatic nitrogens is 4. The molecule has 0 saturated carbocycles. The van der Waals surface area contributed by atoms with Gasteiger partial charge in [-0.25, -0.2) is 14.2 Å². The summed E-state index contributed by atoms with van der Waals surface area (Å²) in [5, 5.41) is 0.567. The third kappa shape index (κ3) is 10.9. The average Bonchev–Trinajstić information content (AvgIpc) is 2.96. The number of benzene rings is 1. The van der Waals surface area contributed by atoms with E-state index in [1.165, 1.54) is 74.8 Å². The summed E-state index contributed by atoms with van der Waals surface area (Å²) in [5.74, 6) is -0.903. The molecule has 41 heavy (non-hydrogen) atoms. The van der Waals surface area contributed by atoms with Gasteiger partial charge in [0.25, 0.3) is 5.56 Å². The van der Waals surface area contributed by atoms with E-state index in [1.807, 2.05) is 4.57 Å². The largest absolute Gasteiger partial charge is 0.466 e. The number of halogens is 1. The normalized spacial score (nSPS) is 11.9. The maximum Gasteiger partial charge on any atom is 0.344 e. The number of esters is 1. The molecule has 8 nitrogen and oxygen atoms in total. The monoisotopic (exact) mass is 584 g/mol. The van der Waals surface area contributed by atoms with Gasteiger partial charge in [-0.1, -0.05) is 82.2 Å². The summed E-state index contributed by atoms with van der Waals surface area (Å²) in [7, 11) is 0. The molecular formula is C31H41FN4O4S. The van der Waals surface area contributed by atoms with Crippen molar-refractivity contribution >= 4 is 17.7 Å². The molecule has 1 aromatic carbocycles. The van der Waals surface area contributed by atoms with E-state index in [1.54, 1.807) is 25.3 Å². The van der Waals surface area contributed by atoms with Crippen molar-refractivity contribution in [1.29, 1.82) is 0 Å². The van der Waals surface area contributed by atoms with Gasteiger partial charge in [-0.05, 0) is 36.6 Å². The maximum absolute atomic E-state index is 13.4. The Morgan fingerprint density at radius 1 is 1.02 bits per heavy atom. The van der Waals surface area contributed by atoms with Crippen LogP contribution in [0.5, 0.6) is 0 Å². The van der Waals surface area contributed by atoms with Gasteiger partial charge < -0.3 is 14.3 Å². The lowest BCUT2D eigenvalue weighted by Gasteiger charge is -2.19. The summed E-state index contributed by atoms with van der Waals surface area (Å²) in [6.45, 7) is 4.83. The second-order valence-electron chi connectivity index (χ2n) is 10.1. The third-order valence-electron chi connectivity index (χ3n) is 6.92. The molecule has 1 N–H and O–H groups in total. The molecule has 3 rings (SSSR count). The number of H-pyrrole nitrogens is 1. The van der Waals surface area contributed by atoms with Crippen LogP contribution in [0.3, 0.4) is 0 Å². The standard InChI is InChI=1S/C31H41FN4O4S/c1-3-5-6-7-8-9-10-11-12-17-36-21-27(26(18-28(37)40-4-2)24-19-33-30(39)34-20-24)29(38)35-31(36)41-22-23-13-15-25(32)16-14-23/h13-16,19-21,26H,3-12,17-18,22H2,1-2H3,(H,33,34,39). The predicted molar refractivity (Wildman–Crippen MR) is 160 cm³/mol. The van der Waals surface area contributed by atoms with E-state index in [0.717, 1.165) is 24.8 Å². The van der Waals surface area contributed by atoms with Crippen LogP contribution in [0, 0.1) is 5.82 Å². The van der Waals surface area contributed by atoms with Crippen molar-refractivity contribution in [1.82, 2.24) is 19.5 Å². The number of aromatic amines is 1. The van der Waals surface area contributed by atoms with Gasteiger partial charge in [0.05, 0.1) is 13.0 Å². The van der Waals surface area contributed by atoms with Crippen molar-refractivity contribution in [2.75, 3.05) is 6.61 Å². The van der Waals surface area contributed by atoms with Crippen molar-refractivity contribution in [3.8, 4) is 0 Å². The van der Waals surface area contributed by atoms with Crippen LogP contribution in [0.4, 0.5) is 4.39 Å². The van der Waals surface area contributed by atoms with Crippen molar-refractivity contribution in [2.24, 2.45) is 0 Å². The first-order valence-electron chi connectivity index (χ1n) is 14.6. The molecule has 0 amide bonds. The number of hydrogen-bond acceptors (Lipinski definition) is 7. The number of carbonyl (C=O) groups excluding carboxylic acids is 1. The summed E-state index contributed by atoms with van der Waals surface area (Å²) in [5.41, 5.74) is 0.822. The minimum Gasteiger partial charge on any atom is -0.466 e. The van der Waals surface area contributed by atoms with E-state index in [2.05, 4.69) is 21.9 Å². The van der Waals surface area contributed by atoms with Crippen LogP contribution in [0.1, 0.15) is 101 Å². The minimum atomic E-state index is -0.677. The number of aryl methyl sites for hydroxylation is 1. The number of unbranched alkanes of at least 4 members (excludes halogenated alkanes) is 8. The van der Waals surface area contributed by atoms with Crippen LogP contribution in [-0.4, -0.2) is 32.1 Å². The Kier molecular flexibility index (Phi) is 13.8. The van der Waals surface area contributed by atoms with Crippen LogP contribution in [0.25, 0.3) is 0 Å². The SMILES string of the molecule is CCCCCCCCCCCn1cc(C(CC(=O)OCC)c2cnc(=O)[nH]c2)c(=O)nc1SCc1ccc(F)cc1. The summed E-state index contributed by atoms with van der Waals surface area (Å²) in [6.07, 6.45) is 15.3. The zero-order valence-corrected chi connectivity index (χ0v) is 24.9. The van der Waals surface area contributed by atoms with Crippen LogP contribution in [0.15, 0.2) is 57.6 Å². The quantitative estimate of drug-likeness (QED) is 0.0801. The molecule has 222 valence electrons. The fourth-order valence-corrected chi connectivity index (χ4v) is 5.61. The van der Waals surface area contributed by atoms with E-state index in [-0.39, 0.29) is 18.8 Å². The van der Waals surface area contributed by atoms with E-state index < -0.39 is 23.1 Å². The molecule has 0 saturated heterocycles. The highest BCUT2D eigenvalue weighted by Gasteiger charge is 2.24. The Balaban J connectivity index is 1.83. The lowest BCUT2D eigenvalue weighted by molar-refractivity contribution is -0.143. The highest BCUT2D eigenvalue weighted by atomic mass is 32.2. The van der Waals surface area contributed by atoms with E-state index in [9.17, 15) is 18.8 Å². The molecular weight excluding hydrogens is 543 g/mol. The van der Waals surface area contributed by atoms with E-state index in [0.29, 0.717) is 28.6 Å². The Morgan fingerprint density at radius 2 is 1.71 bits per heavy atom. The van der Waals surface area contributed by atoms with Gasteiger partial charge in [0.1, 0.15) is 5.82 Å². The van der Waals surface area contributed by atoms with Gasteiger partial charge in [-0.2, -0.15) is 4.98 Å². The Labute approximate surface area is 245 Å². The Hall–Kier alpha value is -3.27. The summed E-state index contributed by atoms with van der Waals surface area (Å²) in [6, 6.07) is 6.27. The zero-order valence-electron chi connectivity index (χ0n) is 24.1. The fraction of sp³-hybridized carbons (Fsp3) is 0.516. The number of thioether (sulfide) groups is 1. The second kappa shape index (κ2) is 17.5. The first-order chi connectivity index (χ1) is 19.9. The van der Waals surface area contributed by atoms with E-state index in [4.69, 9.17) is 4.74 Å². The van der Waals surface area contributed by atoms with E-state index >= 15 is 0 Å². The molecule has 2 heterocycles. The summed E-state index contributed by atoms with van der Waals surface area (Å²) in [4.78, 5) is 48.2. The third-order valence-corrected chi connectivity index (χ3v) is 7.98. The molecule has 1 atom stereocenters. The first-order valence-corrected chi connectivity index (χ1v) is 15.6. The fourth-order valence-electron chi connectivity index (χ4n) is 4.67. The number of nitrogens with one attached hydrogen (secondary N) is 1. The van der Waals surface area contributed by atoms with Gasteiger partial charge in [-0.3, -0.25) is 9.59 Å². The topological polar surface area (TPSA) is 107 Å². The molecule has 0 spiro atoms. The Bertz CT molecular complexity index is 1320. The van der Waals surface area contributed by atoms with Gasteiger partial charge >= 0.3 is 11.7 Å². The van der Waals surface area contributed by atoms with Gasteiger partial charge in [-0.15, -0.1) is 0 Å². The lowest BCUT2D eigenvalue weighted by Crippen LogP contribution is -2.25. The molecule has 3 aromatic rings. The number of hydrogen-bond donors (Lipinski definition) is 1. The van der Waals surface area contributed by atoms with Crippen molar-refractivity contribution in [2.45, 2.75) is 101 Å². The van der Waals surface area contributed by atoms with Gasteiger partial charge in [0.2, 0.25) is 0 Å². The highest BCUT2D eigenvalue weighted by molar-refractivity contribution is 7.98. The smallest absolute Gasteiger partial charge is 0.344 e. The molecule has 1 unspecified atom stereocenters. The maximum atomic E-state index is 13.4. The minimum absolute atomic E-state index is 0.0847. The second-order valence-corrected chi connectivity index (χ2v) is 11.1. The molecule has 0 aliphatic heterocycles. The summed E-state index contributed by atoms with van der Waals surface area (Å²) >= 11 is 1.42. The predicted octanol–water partition coefficient (Wildman–Crippen LogP) is 6.37. The van der Waals surface area contributed by atoms with Crippen molar-refractivity contribution < 1.29 is 13.9 Å². The first kappa shape index (κ1) is 32.2. The number of ether oxygens (including phenoxy) is 1.